The number of aromatic carboxylic acids is 1. The normalized spacial score (nSPS) is 22.9. The SMILES string of the molecule is CC1CCCC1CNc1ccc(N)c(C(=O)O)c1. The average Bonchev–Trinajstić information content (AvgIpc) is 2.73. The first-order valence-corrected chi connectivity index (χ1v) is 6.44. The van der Waals surface area contributed by atoms with Gasteiger partial charge in [-0.05, 0) is 36.5 Å². The predicted molar refractivity (Wildman–Crippen MR) is 72.8 cm³/mol. The van der Waals surface area contributed by atoms with Crippen LogP contribution in [0.2, 0.25) is 0 Å². The molecule has 4 heteroatoms. The topological polar surface area (TPSA) is 75.3 Å². The zero-order valence-electron chi connectivity index (χ0n) is 10.6. The van der Waals surface area contributed by atoms with Crippen molar-refractivity contribution in [3.05, 3.63) is 23.8 Å². The smallest absolute Gasteiger partial charge is 0.337 e. The number of hydrogen-bond acceptors (Lipinski definition) is 3. The molecular weight excluding hydrogens is 228 g/mol. The predicted octanol–water partition coefficient (Wildman–Crippen LogP) is 2.82. The van der Waals surface area contributed by atoms with Crippen LogP contribution in [0, 0.1) is 11.8 Å². The third kappa shape index (κ3) is 2.75. The standard InChI is InChI=1S/C14H20N2O2/c1-9-3-2-4-10(9)8-16-11-5-6-13(15)12(7-11)14(17)18/h5-7,9-10,16H,2-4,8,15H2,1H3,(H,17,18). The summed E-state index contributed by atoms with van der Waals surface area (Å²) in [7, 11) is 0. The van der Waals surface area contributed by atoms with E-state index in [1.807, 2.05) is 6.07 Å². The molecule has 0 saturated heterocycles. The Morgan fingerprint density at radius 2 is 2.28 bits per heavy atom. The quantitative estimate of drug-likeness (QED) is 0.716. The van der Waals surface area contributed by atoms with Crippen molar-refractivity contribution in [3.63, 3.8) is 0 Å². The number of carboxylic acids is 1. The summed E-state index contributed by atoms with van der Waals surface area (Å²) < 4.78 is 0. The van der Waals surface area contributed by atoms with E-state index >= 15 is 0 Å². The van der Waals surface area contributed by atoms with E-state index in [-0.39, 0.29) is 5.56 Å². The van der Waals surface area contributed by atoms with Gasteiger partial charge in [0.25, 0.3) is 0 Å². The van der Waals surface area contributed by atoms with Crippen LogP contribution in [0.5, 0.6) is 0 Å². The van der Waals surface area contributed by atoms with Crippen molar-refractivity contribution in [1.29, 1.82) is 0 Å². The van der Waals surface area contributed by atoms with Gasteiger partial charge in [0.05, 0.1) is 5.56 Å². The first kappa shape index (κ1) is 12.7. The lowest BCUT2D eigenvalue weighted by molar-refractivity contribution is 0.0698. The largest absolute Gasteiger partial charge is 0.478 e. The maximum atomic E-state index is 11.0. The molecule has 1 aliphatic rings. The third-order valence-corrected chi connectivity index (χ3v) is 3.89. The average molecular weight is 248 g/mol. The highest BCUT2D eigenvalue weighted by molar-refractivity contribution is 5.94. The lowest BCUT2D eigenvalue weighted by Gasteiger charge is -2.17. The molecular formula is C14H20N2O2. The molecule has 2 atom stereocenters. The Morgan fingerprint density at radius 3 is 2.89 bits per heavy atom. The number of benzene rings is 1. The minimum absolute atomic E-state index is 0.166. The lowest BCUT2D eigenvalue weighted by Crippen LogP contribution is -2.16. The molecule has 4 N–H and O–H groups in total. The van der Waals surface area contributed by atoms with E-state index in [4.69, 9.17) is 10.8 Å². The van der Waals surface area contributed by atoms with Crippen molar-refractivity contribution in [2.45, 2.75) is 26.2 Å². The van der Waals surface area contributed by atoms with Crippen LogP contribution in [0.15, 0.2) is 18.2 Å². The molecule has 0 aliphatic heterocycles. The highest BCUT2D eigenvalue weighted by Crippen LogP contribution is 2.31. The summed E-state index contributed by atoms with van der Waals surface area (Å²) in [5, 5.41) is 12.3. The van der Waals surface area contributed by atoms with E-state index < -0.39 is 5.97 Å². The van der Waals surface area contributed by atoms with Gasteiger partial charge in [0.15, 0.2) is 0 Å². The van der Waals surface area contributed by atoms with Gasteiger partial charge in [-0.3, -0.25) is 0 Å². The molecule has 0 amide bonds. The second kappa shape index (κ2) is 5.29. The van der Waals surface area contributed by atoms with Crippen LogP contribution in [-0.4, -0.2) is 17.6 Å². The minimum Gasteiger partial charge on any atom is -0.478 e. The van der Waals surface area contributed by atoms with Gasteiger partial charge >= 0.3 is 5.97 Å². The second-order valence-corrected chi connectivity index (χ2v) is 5.16. The van der Waals surface area contributed by atoms with E-state index in [1.54, 1.807) is 12.1 Å². The second-order valence-electron chi connectivity index (χ2n) is 5.16. The molecule has 0 radical (unpaired) electrons. The Morgan fingerprint density at radius 1 is 1.50 bits per heavy atom. The molecule has 2 rings (SSSR count). The van der Waals surface area contributed by atoms with Gasteiger partial charge < -0.3 is 16.2 Å². The van der Waals surface area contributed by atoms with Gasteiger partial charge in [0, 0.05) is 17.9 Å². The maximum absolute atomic E-state index is 11.0. The van der Waals surface area contributed by atoms with Crippen LogP contribution in [0.1, 0.15) is 36.5 Å². The Balaban J connectivity index is 2.01. The Hall–Kier alpha value is -1.71. The zero-order valence-corrected chi connectivity index (χ0v) is 10.6. The van der Waals surface area contributed by atoms with Gasteiger partial charge in [0.1, 0.15) is 0 Å². The molecule has 18 heavy (non-hydrogen) atoms. The van der Waals surface area contributed by atoms with Crippen LogP contribution >= 0.6 is 0 Å². The molecule has 1 saturated carbocycles. The van der Waals surface area contributed by atoms with Gasteiger partial charge in [-0.1, -0.05) is 19.8 Å². The van der Waals surface area contributed by atoms with Crippen molar-refractivity contribution >= 4 is 17.3 Å². The molecule has 0 aromatic heterocycles. The highest BCUT2D eigenvalue weighted by atomic mass is 16.4. The lowest BCUT2D eigenvalue weighted by atomic mass is 9.98. The molecule has 0 bridgehead atoms. The number of nitrogens with one attached hydrogen (secondary N) is 1. The van der Waals surface area contributed by atoms with Crippen molar-refractivity contribution in [3.8, 4) is 0 Å². The molecule has 1 fully saturated rings. The van der Waals surface area contributed by atoms with Crippen LogP contribution < -0.4 is 11.1 Å². The van der Waals surface area contributed by atoms with Crippen LogP contribution in [0.4, 0.5) is 11.4 Å². The first-order valence-electron chi connectivity index (χ1n) is 6.44. The van der Waals surface area contributed by atoms with E-state index in [9.17, 15) is 4.79 Å². The van der Waals surface area contributed by atoms with Gasteiger partial charge in [-0.25, -0.2) is 4.79 Å². The summed E-state index contributed by atoms with van der Waals surface area (Å²) in [6.45, 7) is 3.19. The summed E-state index contributed by atoms with van der Waals surface area (Å²) >= 11 is 0. The third-order valence-electron chi connectivity index (χ3n) is 3.89. The highest BCUT2D eigenvalue weighted by Gasteiger charge is 2.22. The van der Waals surface area contributed by atoms with Crippen molar-refractivity contribution in [2.75, 3.05) is 17.6 Å². The number of anilines is 2. The Kier molecular flexibility index (Phi) is 3.75. The maximum Gasteiger partial charge on any atom is 0.337 e. The number of hydrogen-bond donors (Lipinski definition) is 3. The number of carboxylic acid groups (broad SMARTS) is 1. The van der Waals surface area contributed by atoms with Gasteiger partial charge in [-0.2, -0.15) is 0 Å². The fraction of sp³-hybridized carbons (Fsp3) is 0.500. The molecule has 1 aromatic carbocycles. The zero-order chi connectivity index (χ0) is 13.1. The van der Waals surface area contributed by atoms with E-state index in [2.05, 4.69) is 12.2 Å². The van der Waals surface area contributed by atoms with E-state index in [0.717, 1.165) is 18.2 Å². The van der Waals surface area contributed by atoms with Gasteiger partial charge in [0.2, 0.25) is 0 Å². The molecule has 98 valence electrons. The van der Waals surface area contributed by atoms with Crippen LogP contribution in [-0.2, 0) is 0 Å². The van der Waals surface area contributed by atoms with E-state index in [0.29, 0.717) is 11.6 Å². The summed E-state index contributed by atoms with van der Waals surface area (Å²) in [6.07, 6.45) is 3.86. The number of nitrogens with two attached hydrogens (primary N) is 1. The fourth-order valence-electron chi connectivity index (χ4n) is 2.63. The monoisotopic (exact) mass is 248 g/mol. The first-order chi connectivity index (χ1) is 8.58. The molecule has 0 heterocycles. The van der Waals surface area contributed by atoms with Crippen molar-refractivity contribution in [1.82, 2.24) is 0 Å². The molecule has 1 aromatic rings. The summed E-state index contributed by atoms with van der Waals surface area (Å²) in [5.41, 5.74) is 6.93. The summed E-state index contributed by atoms with van der Waals surface area (Å²) in [6, 6.07) is 5.09. The minimum atomic E-state index is -0.981. The van der Waals surface area contributed by atoms with E-state index in [1.165, 1.54) is 19.3 Å². The van der Waals surface area contributed by atoms with Crippen molar-refractivity contribution < 1.29 is 9.90 Å². The summed E-state index contributed by atoms with van der Waals surface area (Å²) in [5.74, 6) is 0.464. The Bertz CT molecular complexity index is 445. The molecule has 4 nitrogen and oxygen atoms in total. The summed E-state index contributed by atoms with van der Waals surface area (Å²) in [4.78, 5) is 11.0. The van der Waals surface area contributed by atoms with Crippen LogP contribution in [0.3, 0.4) is 0 Å². The number of carbonyl (C=O) groups is 1. The number of nitrogen functional groups attached to an aromatic ring is 1. The number of rotatable bonds is 4. The fourth-order valence-corrected chi connectivity index (χ4v) is 2.63. The van der Waals surface area contributed by atoms with Gasteiger partial charge in [-0.15, -0.1) is 0 Å². The molecule has 0 spiro atoms. The molecule has 2 unspecified atom stereocenters. The van der Waals surface area contributed by atoms with Crippen molar-refractivity contribution in [2.24, 2.45) is 11.8 Å². The Labute approximate surface area is 107 Å². The van der Waals surface area contributed by atoms with Crippen LogP contribution in [0.25, 0.3) is 0 Å². The molecule has 1 aliphatic carbocycles.